The highest BCUT2D eigenvalue weighted by Gasteiger charge is 2.16. The fourth-order valence-corrected chi connectivity index (χ4v) is 2.16. The molecule has 0 saturated heterocycles. The monoisotopic (exact) mass is 255 g/mol. The number of hydrogen-bond donors (Lipinski definition) is 1. The number of carboxylic acid groups (broad SMARTS) is 1. The van der Waals surface area contributed by atoms with Gasteiger partial charge < -0.3 is 5.11 Å². The molecule has 0 saturated carbocycles. The average molecular weight is 255 g/mol. The van der Waals surface area contributed by atoms with Gasteiger partial charge in [0.05, 0.1) is 6.42 Å². The lowest BCUT2D eigenvalue weighted by atomic mass is 9.90. The number of carboxylic acids is 1. The summed E-state index contributed by atoms with van der Waals surface area (Å²) in [5.74, 6) is -0.780. The number of nitrogens with zero attached hydrogens (tertiary/aromatic N) is 1. The Morgan fingerprint density at radius 2 is 1.79 bits per heavy atom. The first-order valence-electron chi connectivity index (χ1n) is 6.32. The fourth-order valence-electron chi connectivity index (χ4n) is 2.16. The minimum atomic E-state index is -0.770. The van der Waals surface area contributed by atoms with Gasteiger partial charge in [0.1, 0.15) is 0 Å². The minimum absolute atomic E-state index is 0.0109. The van der Waals surface area contributed by atoms with Crippen molar-refractivity contribution in [3.05, 3.63) is 65.5 Å². The van der Waals surface area contributed by atoms with E-state index in [1.807, 2.05) is 19.1 Å². The summed E-state index contributed by atoms with van der Waals surface area (Å²) in [5, 5.41) is 9.05. The summed E-state index contributed by atoms with van der Waals surface area (Å²) in [6.07, 6.45) is 4.28. The first-order valence-corrected chi connectivity index (χ1v) is 6.32. The summed E-state index contributed by atoms with van der Waals surface area (Å²) >= 11 is 0. The minimum Gasteiger partial charge on any atom is -0.481 e. The largest absolute Gasteiger partial charge is 0.481 e. The predicted molar refractivity (Wildman–Crippen MR) is 74.1 cm³/mol. The zero-order chi connectivity index (χ0) is 13.7. The Morgan fingerprint density at radius 1 is 1.16 bits per heavy atom. The van der Waals surface area contributed by atoms with Crippen molar-refractivity contribution < 1.29 is 9.90 Å². The Bertz CT molecular complexity index is 534. The third-order valence-electron chi connectivity index (χ3n) is 3.20. The van der Waals surface area contributed by atoms with E-state index in [0.29, 0.717) is 0 Å². The molecule has 2 rings (SSSR count). The maximum Gasteiger partial charge on any atom is 0.303 e. The van der Waals surface area contributed by atoms with Crippen molar-refractivity contribution in [3.8, 4) is 0 Å². The van der Waals surface area contributed by atoms with Crippen LogP contribution in [0.1, 0.15) is 29.0 Å². The van der Waals surface area contributed by atoms with E-state index in [2.05, 4.69) is 29.2 Å². The Hall–Kier alpha value is -2.16. The van der Waals surface area contributed by atoms with Crippen molar-refractivity contribution in [1.82, 2.24) is 4.98 Å². The summed E-state index contributed by atoms with van der Waals surface area (Å²) in [7, 11) is 0. The predicted octanol–water partition coefficient (Wildman–Crippen LogP) is 3.19. The molecule has 3 nitrogen and oxygen atoms in total. The number of rotatable bonds is 5. The molecule has 1 heterocycles. The molecule has 0 aliphatic heterocycles. The highest BCUT2D eigenvalue weighted by atomic mass is 16.4. The molecule has 2 aromatic rings. The molecule has 0 fully saturated rings. The van der Waals surface area contributed by atoms with Crippen molar-refractivity contribution >= 4 is 5.97 Å². The summed E-state index contributed by atoms with van der Waals surface area (Å²) in [6, 6.07) is 12.0. The van der Waals surface area contributed by atoms with Crippen LogP contribution in [0.2, 0.25) is 0 Å². The van der Waals surface area contributed by atoms with Crippen molar-refractivity contribution in [1.29, 1.82) is 0 Å². The van der Waals surface area contributed by atoms with Crippen molar-refractivity contribution in [2.24, 2.45) is 0 Å². The quantitative estimate of drug-likeness (QED) is 0.892. The van der Waals surface area contributed by atoms with Crippen molar-refractivity contribution in [2.75, 3.05) is 0 Å². The number of aromatic nitrogens is 1. The van der Waals surface area contributed by atoms with Gasteiger partial charge in [-0.2, -0.15) is 0 Å². The van der Waals surface area contributed by atoms with Gasteiger partial charge in [-0.3, -0.25) is 9.78 Å². The molecule has 0 aliphatic rings. The van der Waals surface area contributed by atoms with E-state index < -0.39 is 5.97 Å². The van der Waals surface area contributed by atoms with E-state index in [1.54, 1.807) is 12.4 Å². The molecule has 19 heavy (non-hydrogen) atoms. The highest BCUT2D eigenvalue weighted by molar-refractivity contribution is 5.68. The molecular weight excluding hydrogens is 238 g/mol. The van der Waals surface area contributed by atoms with Crippen LogP contribution in [-0.4, -0.2) is 16.1 Å². The first kappa shape index (κ1) is 13.3. The zero-order valence-electron chi connectivity index (χ0n) is 10.9. The van der Waals surface area contributed by atoms with E-state index in [4.69, 9.17) is 5.11 Å². The second-order valence-corrected chi connectivity index (χ2v) is 4.77. The molecule has 0 bridgehead atoms. The van der Waals surface area contributed by atoms with Crippen LogP contribution < -0.4 is 0 Å². The van der Waals surface area contributed by atoms with Crippen molar-refractivity contribution in [3.63, 3.8) is 0 Å². The molecule has 0 radical (unpaired) electrons. The van der Waals surface area contributed by atoms with Gasteiger partial charge in [0.15, 0.2) is 0 Å². The van der Waals surface area contributed by atoms with Gasteiger partial charge >= 0.3 is 5.97 Å². The van der Waals surface area contributed by atoms with Crippen LogP contribution >= 0.6 is 0 Å². The molecule has 1 aromatic heterocycles. The maximum atomic E-state index is 11.0. The van der Waals surface area contributed by atoms with E-state index in [1.165, 1.54) is 5.56 Å². The number of benzene rings is 1. The lowest BCUT2D eigenvalue weighted by Gasteiger charge is -2.15. The van der Waals surface area contributed by atoms with Crippen LogP contribution in [0.15, 0.2) is 48.8 Å². The Balaban J connectivity index is 2.19. The first-order chi connectivity index (χ1) is 9.15. The van der Waals surface area contributed by atoms with E-state index >= 15 is 0 Å². The molecule has 0 amide bonds. The number of pyridine rings is 1. The van der Waals surface area contributed by atoms with Crippen LogP contribution in [-0.2, 0) is 11.2 Å². The van der Waals surface area contributed by atoms with Crippen LogP contribution in [0.5, 0.6) is 0 Å². The number of aryl methyl sites for hydroxylation is 1. The van der Waals surface area contributed by atoms with Gasteiger partial charge in [0.2, 0.25) is 0 Å². The Morgan fingerprint density at radius 3 is 2.37 bits per heavy atom. The van der Waals surface area contributed by atoms with Gasteiger partial charge in [0.25, 0.3) is 0 Å². The smallest absolute Gasteiger partial charge is 0.303 e. The molecule has 1 aromatic carbocycles. The highest BCUT2D eigenvalue weighted by Crippen LogP contribution is 2.24. The molecular formula is C16H17NO2. The lowest BCUT2D eigenvalue weighted by molar-refractivity contribution is -0.137. The van der Waals surface area contributed by atoms with Crippen LogP contribution in [0, 0.1) is 6.92 Å². The van der Waals surface area contributed by atoms with E-state index in [-0.39, 0.29) is 12.3 Å². The van der Waals surface area contributed by atoms with Crippen LogP contribution in [0.25, 0.3) is 0 Å². The molecule has 0 aliphatic carbocycles. The summed E-state index contributed by atoms with van der Waals surface area (Å²) in [6.45, 7) is 2.04. The van der Waals surface area contributed by atoms with Crippen LogP contribution in [0.4, 0.5) is 0 Å². The van der Waals surface area contributed by atoms with Gasteiger partial charge in [-0.1, -0.05) is 29.8 Å². The second kappa shape index (κ2) is 6.14. The third-order valence-corrected chi connectivity index (χ3v) is 3.20. The lowest BCUT2D eigenvalue weighted by Crippen LogP contribution is -2.09. The molecule has 3 heteroatoms. The van der Waals surface area contributed by atoms with Gasteiger partial charge in [-0.25, -0.2) is 0 Å². The summed E-state index contributed by atoms with van der Waals surface area (Å²) in [4.78, 5) is 15.0. The second-order valence-electron chi connectivity index (χ2n) is 4.77. The van der Waals surface area contributed by atoms with Crippen molar-refractivity contribution in [2.45, 2.75) is 25.7 Å². The number of carbonyl (C=O) groups is 1. The normalized spacial score (nSPS) is 12.1. The fraction of sp³-hybridized carbons (Fsp3) is 0.250. The standard InChI is InChI=1S/C16H17NO2/c1-12-2-4-13(5-3-12)10-15(11-16(18)19)14-6-8-17-9-7-14/h2-9,15H,10-11H2,1H3,(H,18,19). The average Bonchev–Trinajstić information content (AvgIpc) is 2.41. The molecule has 1 atom stereocenters. The Kier molecular flexibility index (Phi) is 4.29. The Labute approximate surface area is 112 Å². The molecule has 0 spiro atoms. The molecule has 1 N–H and O–H groups in total. The number of aliphatic carboxylic acids is 1. The van der Waals surface area contributed by atoms with Gasteiger partial charge in [-0.05, 0) is 42.5 Å². The third kappa shape index (κ3) is 3.91. The summed E-state index contributed by atoms with van der Waals surface area (Å²) < 4.78 is 0. The van der Waals surface area contributed by atoms with Gasteiger partial charge in [0, 0.05) is 12.4 Å². The van der Waals surface area contributed by atoms with Gasteiger partial charge in [-0.15, -0.1) is 0 Å². The topological polar surface area (TPSA) is 50.2 Å². The number of hydrogen-bond acceptors (Lipinski definition) is 2. The SMILES string of the molecule is Cc1ccc(CC(CC(=O)O)c2ccncc2)cc1. The molecule has 1 unspecified atom stereocenters. The van der Waals surface area contributed by atoms with Crippen LogP contribution in [0.3, 0.4) is 0 Å². The molecule has 98 valence electrons. The van der Waals surface area contributed by atoms with E-state index in [9.17, 15) is 4.79 Å². The van der Waals surface area contributed by atoms with E-state index in [0.717, 1.165) is 17.5 Å². The summed E-state index contributed by atoms with van der Waals surface area (Å²) in [5.41, 5.74) is 3.40. The maximum absolute atomic E-state index is 11.0. The zero-order valence-corrected chi connectivity index (χ0v) is 10.9.